The van der Waals surface area contributed by atoms with E-state index < -0.39 is 110 Å². The second-order valence-electron chi connectivity index (χ2n) is 15.3. The molecule has 2 saturated heterocycles. The fraction of sp³-hybridized carbons (Fsp3) is 0.854. The van der Waals surface area contributed by atoms with Crippen LogP contribution in [0.5, 0.6) is 0 Å². The summed E-state index contributed by atoms with van der Waals surface area (Å²) in [6, 6.07) is -2.69. The average Bonchev–Trinajstić information content (AvgIpc) is 3.17. The lowest BCUT2D eigenvalue weighted by Gasteiger charge is -2.48. The molecule has 2 rings (SSSR count). The van der Waals surface area contributed by atoms with Gasteiger partial charge in [0.15, 0.2) is 24.8 Å². The first kappa shape index (κ1) is 52.1. The average molecular weight is 857 g/mol. The highest BCUT2D eigenvalue weighted by Gasteiger charge is 2.56. The number of ether oxygens (including phenoxy) is 9. The number of nitrogens with zero attached hydrogens (tertiary/aromatic N) is 3. The Bertz CT molecular complexity index is 1400. The van der Waals surface area contributed by atoms with Crippen LogP contribution in [-0.4, -0.2) is 117 Å². The van der Waals surface area contributed by atoms with Gasteiger partial charge in [0.05, 0.1) is 0 Å². The lowest BCUT2D eigenvalue weighted by atomic mass is 9.94. The molecule has 0 bridgehead atoms. The summed E-state index contributed by atoms with van der Waals surface area (Å²) in [7, 11) is 1.30. The summed E-state index contributed by atoms with van der Waals surface area (Å²) in [5, 5.41) is 6.45. The fourth-order valence-corrected chi connectivity index (χ4v) is 7.32. The lowest BCUT2D eigenvalue weighted by Crippen LogP contribution is -2.68. The monoisotopic (exact) mass is 856 g/mol. The number of unbranched alkanes of at least 4 members (excludes halogenated alkanes) is 14. The van der Waals surface area contributed by atoms with Gasteiger partial charge in [0.1, 0.15) is 49.7 Å². The highest BCUT2D eigenvalue weighted by Crippen LogP contribution is 2.35. The summed E-state index contributed by atoms with van der Waals surface area (Å²) in [5.41, 5.74) is 9.55. The molecule has 2 fully saturated rings. The number of esters is 5. The van der Waals surface area contributed by atoms with Gasteiger partial charge in [0, 0.05) is 53.1 Å². The van der Waals surface area contributed by atoms with Crippen molar-refractivity contribution < 1.29 is 71.4 Å². The second-order valence-corrected chi connectivity index (χ2v) is 15.3. The third kappa shape index (κ3) is 19.6. The van der Waals surface area contributed by atoms with Crippen LogP contribution in [0, 0.1) is 0 Å². The van der Waals surface area contributed by atoms with Crippen molar-refractivity contribution in [2.45, 2.75) is 206 Å². The number of methoxy groups -OCH3 is 1. The van der Waals surface area contributed by atoms with E-state index in [4.69, 9.17) is 42.6 Å². The maximum atomic E-state index is 13.6. The SMILES string of the molecule is CCCCCCCCCCCCCCCCCC(=O)O[C@H]1[C@H](OC2O[C@H](COC(C)=O)[C@H](OC(C)=O)[C@H](N=[N+]=[N-])[C@H]2OC(C)=O)[C@@H](COC(C)=O)OC(OC)[C@@H]1NC(C)=O. The number of hydrogen-bond acceptors (Lipinski definition) is 16. The van der Waals surface area contributed by atoms with E-state index in [1.807, 2.05) is 0 Å². The molecule has 0 aromatic rings. The molecular formula is C41H68N4O15. The van der Waals surface area contributed by atoms with Crippen LogP contribution in [0.25, 0.3) is 10.4 Å². The molecule has 0 aromatic carbocycles. The zero-order valence-corrected chi connectivity index (χ0v) is 36.5. The zero-order chi connectivity index (χ0) is 44.5. The molecule has 1 N–H and O–H groups in total. The maximum absolute atomic E-state index is 13.6. The third-order valence-corrected chi connectivity index (χ3v) is 10.1. The number of amides is 1. The van der Waals surface area contributed by atoms with Gasteiger partial charge in [-0.25, -0.2) is 0 Å². The molecule has 0 radical (unpaired) electrons. The molecule has 10 atom stereocenters. The molecule has 0 saturated carbocycles. The van der Waals surface area contributed by atoms with Gasteiger partial charge in [0.2, 0.25) is 5.91 Å². The molecule has 0 aromatic heterocycles. The fourth-order valence-electron chi connectivity index (χ4n) is 7.32. The van der Waals surface area contributed by atoms with Crippen molar-refractivity contribution >= 4 is 35.8 Å². The Balaban J connectivity index is 2.30. The van der Waals surface area contributed by atoms with Crippen LogP contribution in [0.1, 0.15) is 144 Å². The van der Waals surface area contributed by atoms with E-state index >= 15 is 0 Å². The minimum Gasteiger partial charge on any atom is -0.463 e. The maximum Gasteiger partial charge on any atom is 0.306 e. The molecule has 0 aliphatic carbocycles. The second kappa shape index (κ2) is 29.3. The van der Waals surface area contributed by atoms with Gasteiger partial charge in [-0.05, 0) is 12.0 Å². The van der Waals surface area contributed by atoms with Crippen LogP contribution in [0.4, 0.5) is 0 Å². The largest absolute Gasteiger partial charge is 0.463 e. The molecule has 2 aliphatic heterocycles. The molecule has 2 aliphatic rings. The van der Waals surface area contributed by atoms with E-state index in [-0.39, 0.29) is 6.42 Å². The van der Waals surface area contributed by atoms with E-state index in [9.17, 15) is 34.3 Å². The molecule has 19 nitrogen and oxygen atoms in total. The van der Waals surface area contributed by atoms with Crippen LogP contribution >= 0.6 is 0 Å². The summed E-state index contributed by atoms with van der Waals surface area (Å²) in [4.78, 5) is 77.4. The van der Waals surface area contributed by atoms with Crippen molar-refractivity contribution in [1.82, 2.24) is 5.32 Å². The molecule has 1 amide bonds. The summed E-state index contributed by atoms with van der Waals surface area (Å²) < 4.78 is 51.7. The number of rotatable bonds is 28. The number of carbonyl (C=O) groups excluding carboxylic acids is 6. The predicted octanol–water partition coefficient (Wildman–Crippen LogP) is 5.81. The minimum atomic E-state index is -1.71. The smallest absolute Gasteiger partial charge is 0.306 e. The Kier molecular flexibility index (Phi) is 25.4. The Morgan fingerprint density at radius 2 is 1.07 bits per heavy atom. The van der Waals surface area contributed by atoms with Gasteiger partial charge in [-0.1, -0.05) is 102 Å². The molecule has 19 heteroatoms. The van der Waals surface area contributed by atoms with Gasteiger partial charge in [-0.15, -0.1) is 0 Å². The van der Waals surface area contributed by atoms with Gasteiger partial charge in [-0.2, -0.15) is 0 Å². The van der Waals surface area contributed by atoms with Crippen molar-refractivity contribution in [3.63, 3.8) is 0 Å². The molecule has 60 heavy (non-hydrogen) atoms. The molecule has 2 heterocycles. The Hall–Kier alpha value is -4.03. The number of nitrogens with one attached hydrogen (secondary N) is 1. The zero-order valence-electron chi connectivity index (χ0n) is 36.5. The van der Waals surface area contributed by atoms with Crippen LogP contribution < -0.4 is 5.32 Å². The lowest BCUT2D eigenvalue weighted by molar-refractivity contribution is -0.337. The Morgan fingerprint density at radius 3 is 1.52 bits per heavy atom. The van der Waals surface area contributed by atoms with Gasteiger partial charge >= 0.3 is 29.8 Å². The first-order valence-electron chi connectivity index (χ1n) is 21.3. The summed E-state index contributed by atoms with van der Waals surface area (Å²) >= 11 is 0. The van der Waals surface area contributed by atoms with Crippen molar-refractivity contribution in [2.24, 2.45) is 5.11 Å². The summed E-state index contributed by atoms with van der Waals surface area (Å²) in [5.74, 6) is -4.24. The van der Waals surface area contributed by atoms with Crippen LogP contribution in [0.2, 0.25) is 0 Å². The normalized spacial score (nSPS) is 26.2. The number of carbonyl (C=O) groups is 6. The van der Waals surface area contributed by atoms with Crippen LogP contribution in [0.15, 0.2) is 5.11 Å². The van der Waals surface area contributed by atoms with E-state index in [2.05, 4.69) is 22.3 Å². The van der Waals surface area contributed by atoms with Crippen molar-refractivity contribution in [2.75, 3.05) is 20.3 Å². The first-order valence-corrected chi connectivity index (χ1v) is 21.3. The van der Waals surface area contributed by atoms with E-state index in [0.717, 1.165) is 46.5 Å². The molecular weight excluding hydrogens is 788 g/mol. The first-order chi connectivity index (χ1) is 28.7. The van der Waals surface area contributed by atoms with Crippen molar-refractivity contribution in [3.05, 3.63) is 10.4 Å². The highest BCUT2D eigenvalue weighted by atomic mass is 16.8. The summed E-state index contributed by atoms with van der Waals surface area (Å²) in [6.45, 7) is 6.95. The topological polar surface area (TPSA) is 246 Å². The quantitative estimate of drug-likeness (QED) is 0.0243. The Labute approximate surface area is 353 Å². The van der Waals surface area contributed by atoms with E-state index in [1.54, 1.807) is 0 Å². The minimum absolute atomic E-state index is 0.0326. The molecule has 342 valence electrons. The van der Waals surface area contributed by atoms with Crippen LogP contribution in [0.3, 0.4) is 0 Å². The van der Waals surface area contributed by atoms with Crippen molar-refractivity contribution in [3.8, 4) is 0 Å². The van der Waals surface area contributed by atoms with Gasteiger partial charge < -0.3 is 47.9 Å². The van der Waals surface area contributed by atoms with Gasteiger partial charge in [0.25, 0.3) is 0 Å². The number of hydrogen-bond donors (Lipinski definition) is 1. The number of azide groups is 1. The third-order valence-electron chi connectivity index (χ3n) is 10.1. The van der Waals surface area contributed by atoms with Crippen LogP contribution in [-0.2, 0) is 71.4 Å². The Morgan fingerprint density at radius 1 is 0.600 bits per heavy atom. The van der Waals surface area contributed by atoms with E-state index in [0.29, 0.717) is 6.42 Å². The molecule has 0 spiro atoms. The highest BCUT2D eigenvalue weighted by molar-refractivity contribution is 5.74. The summed E-state index contributed by atoms with van der Waals surface area (Å²) in [6.07, 6.45) is 5.90. The van der Waals surface area contributed by atoms with Crippen molar-refractivity contribution in [1.29, 1.82) is 0 Å². The predicted molar refractivity (Wildman–Crippen MR) is 214 cm³/mol. The van der Waals surface area contributed by atoms with E-state index in [1.165, 1.54) is 85.2 Å². The standard InChI is InChI=1S/C41H68N4O15/c1-8-9-10-11-12-13-14-15-16-17-18-19-20-21-22-23-33(51)59-38-35(43-26(2)46)40(52-7)57-32(25-54-28(4)48)37(38)60-41-39(56-30(6)50)34(44-45-42)36(55-29(5)49)31(58-41)24-53-27(3)47/h31-32,34-41H,8-25H2,1-7H3,(H,43,46)/t31-,32-,34+,35-,36+,37-,38-,39-,40?,41?/m1/s1. The molecule has 2 unspecified atom stereocenters. The van der Waals surface area contributed by atoms with Gasteiger partial charge in [-0.3, -0.25) is 28.8 Å².